The summed E-state index contributed by atoms with van der Waals surface area (Å²) >= 11 is 0. The van der Waals surface area contributed by atoms with Crippen molar-refractivity contribution in [1.82, 2.24) is 9.78 Å². The van der Waals surface area contributed by atoms with E-state index in [9.17, 15) is 4.79 Å². The molecule has 4 rings (SSSR count). The molecule has 2 aromatic carbocycles. The number of hydrogen-bond acceptors (Lipinski definition) is 4. The number of benzene rings is 2. The zero-order valence-corrected chi connectivity index (χ0v) is 15.8. The van der Waals surface area contributed by atoms with Crippen LogP contribution in [-0.2, 0) is 17.8 Å². The van der Waals surface area contributed by atoms with E-state index in [0.29, 0.717) is 17.9 Å². The maximum atomic E-state index is 12.6. The molecule has 0 atom stereocenters. The Balaban J connectivity index is 1.46. The number of carbonyl (C=O) groups excluding carboxylic acids is 1. The normalized spacial score (nSPS) is 10.9. The number of methoxy groups -OCH3 is 1. The second kappa shape index (κ2) is 7.60. The third-order valence-electron chi connectivity index (χ3n) is 4.65. The van der Waals surface area contributed by atoms with Gasteiger partial charge in [0.2, 0.25) is 5.91 Å². The molecule has 0 spiro atoms. The van der Waals surface area contributed by atoms with Crippen molar-refractivity contribution in [3.05, 3.63) is 77.7 Å². The van der Waals surface area contributed by atoms with Crippen molar-refractivity contribution < 1.29 is 13.9 Å². The lowest BCUT2D eigenvalue weighted by molar-refractivity contribution is -0.115. The minimum Gasteiger partial charge on any atom is -0.497 e. The van der Waals surface area contributed by atoms with Crippen molar-refractivity contribution >= 4 is 22.7 Å². The number of nitrogens with one attached hydrogen (secondary N) is 1. The van der Waals surface area contributed by atoms with Gasteiger partial charge in [-0.05, 0) is 24.6 Å². The average molecular weight is 375 g/mol. The average Bonchev–Trinajstić information content (AvgIpc) is 3.30. The standard InChI is InChI=1S/C22H21N3O3/c1-15-3-5-16(6-4-15)13-25-21(9-10-23-25)24-22(26)11-17-14-28-20-12-18(27-2)7-8-19(17)20/h3-10,12,14H,11,13H2,1-2H3,(H,24,26). The van der Waals surface area contributed by atoms with E-state index in [-0.39, 0.29) is 12.3 Å². The van der Waals surface area contributed by atoms with E-state index in [0.717, 1.165) is 22.3 Å². The number of aryl methyl sites for hydroxylation is 1. The molecule has 0 aliphatic carbocycles. The molecule has 0 aliphatic rings. The van der Waals surface area contributed by atoms with E-state index < -0.39 is 0 Å². The third kappa shape index (κ3) is 3.76. The number of ether oxygens (including phenoxy) is 1. The van der Waals surface area contributed by atoms with Crippen LogP contribution in [0.3, 0.4) is 0 Å². The van der Waals surface area contributed by atoms with Crippen LogP contribution in [-0.4, -0.2) is 22.8 Å². The molecule has 0 fully saturated rings. The van der Waals surface area contributed by atoms with Crippen molar-refractivity contribution in [3.63, 3.8) is 0 Å². The Labute approximate surface area is 162 Å². The van der Waals surface area contributed by atoms with Crippen LogP contribution in [0.15, 0.2) is 65.4 Å². The molecule has 6 nitrogen and oxygen atoms in total. The maximum Gasteiger partial charge on any atom is 0.230 e. The number of furan rings is 1. The van der Waals surface area contributed by atoms with Crippen LogP contribution in [0.25, 0.3) is 11.0 Å². The quantitative estimate of drug-likeness (QED) is 0.549. The molecule has 0 saturated heterocycles. The summed E-state index contributed by atoms with van der Waals surface area (Å²) in [5.41, 5.74) is 3.87. The molecule has 28 heavy (non-hydrogen) atoms. The minimum atomic E-state index is -0.121. The second-order valence-corrected chi connectivity index (χ2v) is 6.71. The molecule has 1 N–H and O–H groups in total. The lowest BCUT2D eigenvalue weighted by atomic mass is 10.1. The highest BCUT2D eigenvalue weighted by Gasteiger charge is 2.13. The summed E-state index contributed by atoms with van der Waals surface area (Å²) in [7, 11) is 1.61. The molecule has 4 aromatic rings. The Morgan fingerprint density at radius 3 is 2.79 bits per heavy atom. The van der Waals surface area contributed by atoms with Gasteiger partial charge in [-0.3, -0.25) is 4.79 Å². The van der Waals surface area contributed by atoms with Crippen LogP contribution in [0, 0.1) is 6.92 Å². The zero-order valence-electron chi connectivity index (χ0n) is 15.8. The summed E-state index contributed by atoms with van der Waals surface area (Å²) in [6, 6.07) is 15.6. The molecule has 0 saturated carbocycles. The lowest BCUT2D eigenvalue weighted by Gasteiger charge is -2.09. The van der Waals surface area contributed by atoms with Gasteiger partial charge in [-0.15, -0.1) is 0 Å². The first-order valence-corrected chi connectivity index (χ1v) is 9.04. The highest BCUT2D eigenvalue weighted by atomic mass is 16.5. The summed E-state index contributed by atoms with van der Waals surface area (Å²) in [6.45, 7) is 2.65. The van der Waals surface area contributed by atoms with Gasteiger partial charge in [0.1, 0.15) is 17.2 Å². The minimum absolute atomic E-state index is 0.121. The molecular weight excluding hydrogens is 354 g/mol. The fraction of sp³-hybridized carbons (Fsp3) is 0.182. The molecule has 6 heteroatoms. The van der Waals surface area contributed by atoms with Crippen molar-refractivity contribution in [2.75, 3.05) is 12.4 Å². The summed E-state index contributed by atoms with van der Waals surface area (Å²) in [4.78, 5) is 12.6. The van der Waals surface area contributed by atoms with E-state index in [1.54, 1.807) is 30.3 Å². The van der Waals surface area contributed by atoms with Crippen molar-refractivity contribution in [2.45, 2.75) is 19.9 Å². The summed E-state index contributed by atoms with van der Waals surface area (Å²) in [5, 5.41) is 8.17. The van der Waals surface area contributed by atoms with Gasteiger partial charge in [0.15, 0.2) is 0 Å². The largest absolute Gasteiger partial charge is 0.497 e. The van der Waals surface area contributed by atoms with Crippen LogP contribution in [0.2, 0.25) is 0 Å². The number of fused-ring (bicyclic) bond motifs is 1. The van der Waals surface area contributed by atoms with Crippen molar-refractivity contribution in [2.24, 2.45) is 0 Å². The first-order valence-electron chi connectivity index (χ1n) is 9.04. The van der Waals surface area contributed by atoms with E-state index in [4.69, 9.17) is 9.15 Å². The first-order chi connectivity index (χ1) is 13.6. The predicted octanol–water partition coefficient (Wildman–Crippen LogP) is 4.18. The second-order valence-electron chi connectivity index (χ2n) is 6.71. The van der Waals surface area contributed by atoms with E-state index in [2.05, 4.69) is 41.6 Å². The monoisotopic (exact) mass is 375 g/mol. The molecule has 1 amide bonds. The van der Waals surface area contributed by atoms with Gasteiger partial charge in [-0.25, -0.2) is 4.68 Å². The number of anilines is 1. The lowest BCUT2D eigenvalue weighted by Crippen LogP contribution is -2.17. The number of nitrogens with zero attached hydrogens (tertiary/aromatic N) is 2. The number of aromatic nitrogens is 2. The molecule has 0 aliphatic heterocycles. The Hall–Kier alpha value is -3.54. The molecule has 142 valence electrons. The van der Waals surface area contributed by atoms with Gasteiger partial charge in [-0.1, -0.05) is 29.8 Å². The van der Waals surface area contributed by atoms with Gasteiger partial charge in [-0.2, -0.15) is 5.10 Å². The Kier molecular flexibility index (Phi) is 4.85. The Morgan fingerprint density at radius 1 is 1.18 bits per heavy atom. The van der Waals surface area contributed by atoms with E-state index >= 15 is 0 Å². The van der Waals surface area contributed by atoms with E-state index in [1.807, 2.05) is 18.2 Å². The van der Waals surface area contributed by atoms with Gasteiger partial charge < -0.3 is 14.5 Å². The smallest absolute Gasteiger partial charge is 0.230 e. The Bertz CT molecular complexity index is 1110. The van der Waals surface area contributed by atoms with Crippen molar-refractivity contribution in [1.29, 1.82) is 0 Å². The first kappa shape index (κ1) is 17.9. The van der Waals surface area contributed by atoms with Crippen LogP contribution >= 0.6 is 0 Å². The SMILES string of the molecule is COc1ccc2c(CC(=O)Nc3ccnn3Cc3ccc(C)cc3)coc2c1. The number of hydrogen-bond donors (Lipinski definition) is 1. The summed E-state index contributed by atoms with van der Waals surface area (Å²) < 4.78 is 12.5. The third-order valence-corrected chi connectivity index (χ3v) is 4.65. The molecule has 2 aromatic heterocycles. The molecule has 0 radical (unpaired) electrons. The van der Waals surface area contributed by atoms with Crippen LogP contribution < -0.4 is 10.1 Å². The fourth-order valence-electron chi connectivity index (χ4n) is 3.12. The number of rotatable bonds is 6. The molecule has 0 bridgehead atoms. The van der Waals surface area contributed by atoms with Crippen LogP contribution in [0.5, 0.6) is 5.75 Å². The molecular formula is C22H21N3O3. The van der Waals surface area contributed by atoms with Gasteiger partial charge >= 0.3 is 0 Å². The van der Waals surface area contributed by atoms with Crippen LogP contribution in [0.1, 0.15) is 16.7 Å². The fourth-order valence-corrected chi connectivity index (χ4v) is 3.12. The van der Waals surface area contributed by atoms with Gasteiger partial charge in [0, 0.05) is 23.1 Å². The molecule has 0 unspecified atom stereocenters. The highest BCUT2D eigenvalue weighted by molar-refractivity contribution is 5.95. The predicted molar refractivity (Wildman–Crippen MR) is 108 cm³/mol. The highest BCUT2D eigenvalue weighted by Crippen LogP contribution is 2.26. The maximum absolute atomic E-state index is 12.6. The van der Waals surface area contributed by atoms with Crippen molar-refractivity contribution in [3.8, 4) is 5.75 Å². The van der Waals surface area contributed by atoms with E-state index in [1.165, 1.54) is 5.56 Å². The summed E-state index contributed by atoms with van der Waals surface area (Å²) in [5.74, 6) is 1.27. The zero-order chi connectivity index (χ0) is 19.5. The number of carbonyl (C=O) groups is 1. The van der Waals surface area contributed by atoms with Gasteiger partial charge in [0.25, 0.3) is 0 Å². The molecule has 2 heterocycles. The van der Waals surface area contributed by atoms with Gasteiger partial charge in [0.05, 0.1) is 32.5 Å². The van der Waals surface area contributed by atoms with Crippen LogP contribution in [0.4, 0.5) is 5.82 Å². The summed E-state index contributed by atoms with van der Waals surface area (Å²) in [6.07, 6.45) is 3.52. The topological polar surface area (TPSA) is 69.3 Å². The Morgan fingerprint density at radius 2 is 2.00 bits per heavy atom. The number of amides is 1.